The third kappa shape index (κ3) is 11.2. The van der Waals surface area contributed by atoms with E-state index in [0.29, 0.717) is 12.0 Å². The SMILES string of the molecule is CC(C)[C@H]1NC(=O)[C@@H](C)NC(=O)[C@H](Cc2ccccc2)NC(=O)CCCN(C(=O)Cc2ccc(C(F)(F)F)cc2)CCCNC1=O. The molecule has 0 bridgehead atoms. The van der Waals surface area contributed by atoms with E-state index in [9.17, 15) is 37.1 Å². The van der Waals surface area contributed by atoms with Gasteiger partial charge in [0, 0.05) is 32.5 Å². The van der Waals surface area contributed by atoms with Gasteiger partial charge in [-0.05, 0) is 48.9 Å². The Morgan fingerprint density at radius 3 is 2.13 bits per heavy atom. The molecule has 0 spiro atoms. The highest BCUT2D eigenvalue weighted by molar-refractivity contribution is 5.94. The zero-order valence-electron chi connectivity index (χ0n) is 26.3. The summed E-state index contributed by atoms with van der Waals surface area (Å²) in [6.45, 7) is 5.63. The molecule has 1 fully saturated rings. The van der Waals surface area contributed by atoms with Gasteiger partial charge >= 0.3 is 6.18 Å². The van der Waals surface area contributed by atoms with Gasteiger partial charge in [-0.3, -0.25) is 24.0 Å². The maximum absolute atomic E-state index is 13.3. The molecular formula is C33H42F3N5O5. The molecule has 2 aromatic rings. The van der Waals surface area contributed by atoms with E-state index in [-0.39, 0.29) is 57.1 Å². The lowest BCUT2D eigenvalue weighted by Gasteiger charge is -2.26. The van der Waals surface area contributed by atoms with Gasteiger partial charge in [-0.2, -0.15) is 13.2 Å². The largest absolute Gasteiger partial charge is 0.416 e. The maximum atomic E-state index is 13.3. The minimum atomic E-state index is -4.49. The molecule has 250 valence electrons. The van der Waals surface area contributed by atoms with Crippen molar-refractivity contribution in [2.75, 3.05) is 19.6 Å². The number of nitrogens with zero attached hydrogens (tertiary/aromatic N) is 1. The van der Waals surface area contributed by atoms with Crippen LogP contribution in [0, 0.1) is 5.92 Å². The van der Waals surface area contributed by atoms with Crippen molar-refractivity contribution in [1.29, 1.82) is 0 Å². The highest BCUT2D eigenvalue weighted by Crippen LogP contribution is 2.29. The topological polar surface area (TPSA) is 137 Å². The number of carbonyl (C=O) groups is 5. The van der Waals surface area contributed by atoms with Crippen LogP contribution < -0.4 is 21.3 Å². The predicted molar refractivity (Wildman–Crippen MR) is 165 cm³/mol. The minimum absolute atomic E-state index is 0.00846. The molecule has 0 unspecified atom stereocenters. The number of rotatable bonds is 5. The van der Waals surface area contributed by atoms with Gasteiger partial charge in [-0.1, -0.05) is 56.3 Å². The summed E-state index contributed by atoms with van der Waals surface area (Å²) < 4.78 is 38.9. The van der Waals surface area contributed by atoms with Gasteiger partial charge in [0.05, 0.1) is 12.0 Å². The fourth-order valence-corrected chi connectivity index (χ4v) is 5.00. The van der Waals surface area contributed by atoms with Gasteiger partial charge in [-0.15, -0.1) is 0 Å². The number of carbonyl (C=O) groups excluding carboxylic acids is 5. The van der Waals surface area contributed by atoms with Crippen LogP contribution in [-0.2, 0) is 43.0 Å². The first-order valence-electron chi connectivity index (χ1n) is 15.4. The standard InChI is InChI=1S/C33H42F3N5O5/c1-21(2)29-32(46)37-16-8-18-41(28(43)20-24-12-14-25(15-13-24)33(34,35)36)17-7-11-27(42)39-26(19-23-9-5-4-6-10-23)31(45)38-22(3)30(44)40-29/h4-6,9-10,12-15,21-22,26,29H,7-8,11,16-20H2,1-3H3,(H,37,46)(H,38,45)(H,39,42)(H,40,44)/t22-,26+,29-/m1/s1. The van der Waals surface area contributed by atoms with Crippen LogP contribution in [0.25, 0.3) is 0 Å². The van der Waals surface area contributed by atoms with E-state index in [1.165, 1.54) is 24.0 Å². The summed E-state index contributed by atoms with van der Waals surface area (Å²) in [6.07, 6.45) is -3.86. The molecule has 1 heterocycles. The molecule has 4 N–H and O–H groups in total. The number of hydrogen-bond acceptors (Lipinski definition) is 5. The zero-order chi connectivity index (χ0) is 33.9. The van der Waals surface area contributed by atoms with Crippen LogP contribution in [0.3, 0.4) is 0 Å². The first-order chi connectivity index (χ1) is 21.7. The number of hydrogen-bond donors (Lipinski definition) is 4. The molecule has 0 aromatic heterocycles. The molecule has 3 atom stereocenters. The Labute approximate surface area is 266 Å². The number of amides is 5. The van der Waals surface area contributed by atoms with Crippen molar-refractivity contribution in [3.63, 3.8) is 0 Å². The Kier molecular flexibility index (Phi) is 13.1. The van der Waals surface area contributed by atoms with E-state index in [0.717, 1.165) is 17.7 Å². The summed E-state index contributed by atoms with van der Waals surface area (Å²) in [7, 11) is 0. The Balaban J connectivity index is 1.79. The van der Waals surface area contributed by atoms with Gasteiger partial charge in [0.2, 0.25) is 29.5 Å². The first-order valence-corrected chi connectivity index (χ1v) is 15.4. The van der Waals surface area contributed by atoms with Gasteiger partial charge in [0.1, 0.15) is 18.1 Å². The molecule has 1 aliphatic heterocycles. The molecule has 3 rings (SSSR count). The number of alkyl halides is 3. The summed E-state index contributed by atoms with van der Waals surface area (Å²) in [5, 5.41) is 10.9. The van der Waals surface area contributed by atoms with Crippen LogP contribution in [0.15, 0.2) is 54.6 Å². The molecule has 1 saturated heterocycles. The molecule has 10 nitrogen and oxygen atoms in total. The van der Waals surface area contributed by atoms with Crippen molar-refractivity contribution in [2.24, 2.45) is 5.92 Å². The van der Waals surface area contributed by atoms with E-state index < -0.39 is 53.5 Å². The second kappa shape index (κ2) is 16.8. The summed E-state index contributed by atoms with van der Waals surface area (Å²) in [4.78, 5) is 67.0. The number of benzene rings is 2. The van der Waals surface area contributed by atoms with Crippen molar-refractivity contribution in [1.82, 2.24) is 26.2 Å². The predicted octanol–water partition coefficient (Wildman–Crippen LogP) is 2.75. The molecule has 1 aliphatic rings. The second-order valence-electron chi connectivity index (χ2n) is 11.8. The van der Waals surface area contributed by atoms with E-state index in [1.807, 2.05) is 18.2 Å². The lowest BCUT2D eigenvalue weighted by atomic mass is 10.0. The highest BCUT2D eigenvalue weighted by atomic mass is 19.4. The highest BCUT2D eigenvalue weighted by Gasteiger charge is 2.31. The zero-order valence-corrected chi connectivity index (χ0v) is 26.3. The van der Waals surface area contributed by atoms with Crippen LogP contribution in [0.1, 0.15) is 56.7 Å². The minimum Gasteiger partial charge on any atom is -0.354 e. The van der Waals surface area contributed by atoms with E-state index in [4.69, 9.17) is 0 Å². The molecule has 0 saturated carbocycles. The molecule has 0 radical (unpaired) electrons. The lowest BCUT2D eigenvalue weighted by molar-refractivity contribution is -0.137. The van der Waals surface area contributed by atoms with Crippen LogP contribution in [0.2, 0.25) is 0 Å². The Morgan fingerprint density at radius 1 is 0.848 bits per heavy atom. The third-order valence-corrected chi connectivity index (χ3v) is 7.66. The lowest BCUT2D eigenvalue weighted by Crippen LogP contribution is -2.57. The van der Waals surface area contributed by atoms with Gasteiger partial charge in [0.15, 0.2) is 0 Å². The summed E-state index contributed by atoms with van der Waals surface area (Å²) in [5.41, 5.74) is 0.383. The first kappa shape index (κ1) is 36.1. The Bertz CT molecular complexity index is 1350. The van der Waals surface area contributed by atoms with Crippen LogP contribution in [-0.4, -0.2) is 72.2 Å². The second-order valence-corrected chi connectivity index (χ2v) is 11.8. The number of halogens is 3. The van der Waals surface area contributed by atoms with E-state index >= 15 is 0 Å². The summed E-state index contributed by atoms with van der Waals surface area (Å²) in [6, 6.07) is 10.6. The fraction of sp³-hybridized carbons (Fsp3) is 0.485. The van der Waals surface area contributed by atoms with Crippen molar-refractivity contribution in [2.45, 2.75) is 77.2 Å². The van der Waals surface area contributed by atoms with Crippen molar-refractivity contribution in [3.8, 4) is 0 Å². The monoisotopic (exact) mass is 645 g/mol. The van der Waals surface area contributed by atoms with Gasteiger partial charge < -0.3 is 26.2 Å². The van der Waals surface area contributed by atoms with Crippen LogP contribution in [0.5, 0.6) is 0 Å². The van der Waals surface area contributed by atoms with Crippen molar-refractivity contribution >= 4 is 29.5 Å². The van der Waals surface area contributed by atoms with Crippen molar-refractivity contribution in [3.05, 3.63) is 71.3 Å². The average molecular weight is 646 g/mol. The average Bonchev–Trinajstić information content (AvgIpc) is 3.00. The van der Waals surface area contributed by atoms with Gasteiger partial charge in [0.25, 0.3) is 0 Å². The molecule has 0 aliphatic carbocycles. The number of nitrogens with one attached hydrogen (secondary N) is 4. The summed E-state index contributed by atoms with van der Waals surface area (Å²) >= 11 is 0. The van der Waals surface area contributed by atoms with E-state index in [1.54, 1.807) is 26.0 Å². The van der Waals surface area contributed by atoms with Crippen LogP contribution >= 0.6 is 0 Å². The molecule has 5 amide bonds. The third-order valence-electron chi connectivity index (χ3n) is 7.66. The molecular weight excluding hydrogens is 603 g/mol. The quantitative estimate of drug-likeness (QED) is 0.397. The molecule has 46 heavy (non-hydrogen) atoms. The fourth-order valence-electron chi connectivity index (χ4n) is 5.00. The Morgan fingerprint density at radius 2 is 1.50 bits per heavy atom. The van der Waals surface area contributed by atoms with Crippen LogP contribution in [0.4, 0.5) is 13.2 Å². The van der Waals surface area contributed by atoms with Crippen molar-refractivity contribution < 1.29 is 37.1 Å². The smallest absolute Gasteiger partial charge is 0.354 e. The molecule has 2 aromatic carbocycles. The Hall–Kier alpha value is -4.42. The maximum Gasteiger partial charge on any atom is 0.416 e. The van der Waals surface area contributed by atoms with E-state index in [2.05, 4.69) is 21.3 Å². The molecule has 13 heteroatoms. The normalized spacial score (nSPS) is 21.4. The summed E-state index contributed by atoms with van der Waals surface area (Å²) in [5.74, 6) is -2.59. The van der Waals surface area contributed by atoms with Gasteiger partial charge in [-0.25, -0.2) is 0 Å².